The molecule has 0 bridgehead atoms. The minimum absolute atomic E-state index is 0.00285. The minimum Gasteiger partial charge on any atom is -0.353 e. The summed E-state index contributed by atoms with van der Waals surface area (Å²) in [7, 11) is 0. The van der Waals surface area contributed by atoms with Gasteiger partial charge < -0.3 is 5.32 Å². The van der Waals surface area contributed by atoms with Gasteiger partial charge in [-0.1, -0.05) is 64.9 Å². The summed E-state index contributed by atoms with van der Waals surface area (Å²) in [6, 6.07) is 8.04. The summed E-state index contributed by atoms with van der Waals surface area (Å²) in [4.78, 5) is 26.8. The topological polar surface area (TPSA) is 49.4 Å². The van der Waals surface area contributed by atoms with E-state index >= 15 is 0 Å². The maximum Gasteiger partial charge on any atom is 0.266 e. The third kappa shape index (κ3) is 4.92. The zero-order valence-corrected chi connectivity index (χ0v) is 16.9. The molecule has 2 amide bonds. The lowest BCUT2D eigenvalue weighted by Crippen LogP contribution is -2.37. The molecular formula is C18H19BrN2O2S2. The second kappa shape index (κ2) is 8.47. The smallest absolute Gasteiger partial charge is 0.266 e. The van der Waals surface area contributed by atoms with Gasteiger partial charge in [0.25, 0.3) is 5.91 Å². The third-order valence-electron chi connectivity index (χ3n) is 4.30. The van der Waals surface area contributed by atoms with Crippen molar-refractivity contribution in [1.82, 2.24) is 10.2 Å². The van der Waals surface area contributed by atoms with E-state index in [1.165, 1.54) is 29.5 Å². The summed E-state index contributed by atoms with van der Waals surface area (Å²) in [6.07, 6.45) is 6.60. The molecule has 0 atom stereocenters. The number of nitrogens with one attached hydrogen (secondary N) is 1. The average Bonchev–Trinajstić information content (AvgIpc) is 3.15. The van der Waals surface area contributed by atoms with E-state index in [-0.39, 0.29) is 18.2 Å². The van der Waals surface area contributed by atoms with Crippen molar-refractivity contribution in [1.29, 1.82) is 0 Å². The number of halogens is 1. The van der Waals surface area contributed by atoms with Crippen molar-refractivity contribution >= 4 is 62.1 Å². The number of carbonyl (C=O) groups excluding carboxylic acids is 2. The number of hydrogen-bond donors (Lipinski definition) is 1. The number of benzene rings is 1. The number of thioether (sulfide) groups is 1. The van der Waals surface area contributed by atoms with Crippen molar-refractivity contribution in [3.05, 3.63) is 39.2 Å². The van der Waals surface area contributed by atoms with Crippen LogP contribution in [0.15, 0.2) is 33.6 Å². The fourth-order valence-corrected chi connectivity index (χ4v) is 4.75. The highest BCUT2D eigenvalue weighted by Crippen LogP contribution is 2.33. The number of carbonyl (C=O) groups is 2. The molecule has 1 aromatic rings. The lowest BCUT2D eigenvalue weighted by atomic mass is 10.2. The largest absolute Gasteiger partial charge is 0.353 e. The molecule has 0 spiro atoms. The molecule has 0 unspecified atom stereocenters. The highest BCUT2D eigenvalue weighted by molar-refractivity contribution is 9.10. The van der Waals surface area contributed by atoms with Gasteiger partial charge in [0.15, 0.2) is 0 Å². The van der Waals surface area contributed by atoms with Crippen LogP contribution in [0.3, 0.4) is 0 Å². The Morgan fingerprint density at radius 1 is 1.40 bits per heavy atom. The van der Waals surface area contributed by atoms with Gasteiger partial charge in [-0.15, -0.1) is 0 Å². The predicted molar refractivity (Wildman–Crippen MR) is 109 cm³/mol. The Labute approximate surface area is 165 Å². The molecule has 1 heterocycles. The Hall–Kier alpha value is -1.18. The Morgan fingerprint density at radius 3 is 2.88 bits per heavy atom. The normalized spacial score (nSPS) is 19.9. The maximum absolute atomic E-state index is 12.6. The zero-order valence-electron chi connectivity index (χ0n) is 13.7. The van der Waals surface area contributed by atoms with Crippen molar-refractivity contribution in [2.45, 2.75) is 38.1 Å². The van der Waals surface area contributed by atoms with Crippen molar-refractivity contribution in [2.75, 3.05) is 6.54 Å². The highest BCUT2D eigenvalue weighted by Gasteiger charge is 2.32. The molecule has 1 aliphatic carbocycles. The summed E-state index contributed by atoms with van der Waals surface area (Å²) in [5.41, 5.74) is 0.939. The number of thiocarbonyl (C=S) groups is 1. The number of amides is 2. The number of hydrogen-bond acceptors (Lipinski definition) is 4. The van der Waals surface area contributed by atoms with Crippen LogP contribution in [0.2, 0.25) is 0 Å². The molecule has 25 heavy (non-hydrogen) atoms. The van der Waals surface area contributed by atoms with Crippen LogP contribution in [0.25, 0.3) is 6.08 Å². The van der Waals surface area contributed by atoms with E-state index < -0.39 is 0 Å². The molecule has 1 saturated heterocycles. The summed E-state index contributed by atoms with van der Waals surface area (Å²) in [6.45, 7) is 0.332. The molecule has 3 rings (SSSR count). The highest BCUT2D eigenvalue weighted by atomic mass is 79.9. The van der Waals surface area contributed by atoms with Crippen molar-refractivity contribution in [3.8, 4) is 0 Å². The van der Waals surface area contributed by atoms with Gasteiger partial charge in [0, 0.05) is 23.5 Å². The second-order valence-corrected chi connectivity index (χ2v) is 8.78. The van der Waals surface area contributed by atoms with Gasteiger partial charge in [0.2, 0.25) is 5.91 Å². The Kier molecular flexibility index (Phi) is 6.30. The van der Waals surface area contributed by atoms with Crippen LogP contribution in [-0.4, -0.2) is 33.6 Å². The van der Waals surface area contributed by atoms with Crippen LogP contribution in [0.4, 0.5) is 0 Å². The van der Waals surface area contributed by atoms with E-state index in [0.717, 1.165) is 22.9 Å². The quantitative estimate of drug-likeness (QED) is 0.555. The van der Waals surface area contributed by atoms with Crippen LogP contribution < -0.4 is 5.32 Å². The Balaban J connectivity index is 1.58. The fraction of sp³-hybridized carbons (Fsp3) is 0.389. The van der Waals surface area contributed by atoms with E-state index in [0.29, 0.717) is 21.8 Å². The molecule has 0 radical (unpaired) electrons. The first-order valence-electron chi connectivity index (χ1n) is 8.33. The first-order chi connectivity index (χ1) is 12.0. The van der Waals surface area contributed by atoms with Crippen LogP contribution in [0, 0.1) is 0 Å². The van der Waals surface area contributed by atoms with Crippen LogP contribution in [0.5, 0.6) is 0 Å². The summed E-state index contributed by atoms with van der Waals surface area (Å²) in [5.74, 6) is -0.124. The van der Waals surface area contributed by atoms with Crippen LogP contribution >= 0.6 is 39.9 Å². The van der Waals surface area contributed by atoms with E-state index in [1.807, 2.05) is 30.3 Å². The molecule has 2 fully saturated rings. The summed E-state index contributed by atoms with van der Waals surface area (Å²) < 4.78 is 1.47. The maximum atomic E-state index is 12.6. The Morgan fingerprint density at radius 2 is 2.16 bits per heavy atom. The van der Waals surface area contributed by atoms with Gasteiger partial charge >= 0.3 is 0 Å². The fourth-order valence-electron chi connectivity index (χ4n) is 3.02. The minimum atomic E-state index is -0.122. The van der Waals surface area contributed by atoms with Crippen molar-refractivity contribution in [3.63, 3.8) is 0 Å². The second-order valence-electron chi connectivity index (χ2n) is 6.19. The van der Waals surface area contributed by atoms with Crippen LogP contribution in [0.1, 0.15) is 37.7 Å². The molecule has 1 aromatic carbocycles. The molecule has 2 aliphatic rings. The summed E-state index contributed by atoms with van der Waals surface area (Å²) in [5, 5.41) is 3.04. The molecule has 0 aromatic heterocycles. The van der Waals surface area contributed by atoms with E-state index in [4.69, 9.17) is 12.2 Å². The first kappa shape index (κ1) is 18.6. The zero-order chi connectivity index (χ0) is 17.8. The molecule has 132 valence electrons. The monoisotopic (exact) mass is 438 g/mol. The summed E-state index contributed by atoms with van der Waals surface area (Å²) >= 11 is 10.0. The number of rotatable bonds is 5. The first-order valence-corrected chi connectivity index (χ1v) is 10.3. The van der Waals surface area contributed by atoms with Crippen molar-refractivity contribution in [2.24, 2.45) is 0 Å². The van der Waals surface area contributed by atoms with E-state index in [9.17, 15) is 9.59 Å². The number of nitrogens with zero attached hydrogens (tertiary/aromatic N) is 1. The standard InChI is InChI=1S/C18H19BrN2O2S2/c19-13-5-3-4-12(10-13)11-15-17(23)21(18(24)25-15)9-8-16(22)20-14-6-1-2-7-14/h3-5,10-11,14H,1-2,6-9H2,(H,20,22)/b15-11+. The molecule has 4 nitrogen and oxygen atoms in total. The van der Waals surface area contributed by atoms with Gasteiger partial charge in [0.05, 0.1) is 4.91 Å². The van der Waals surface area contributed by atoms with E-state index in [2.05, 4.69) is 21.2 Å². The van der Waals surface area contributed by atoms with Gasteiger partial charge in [-0.3, -0.25) is 14.5 Å². The average molecular weight is 439 g/mol. The van der Waals surface area contributed by atoms with Crippen molar-refractivity contribution < 1.29 is 9.59 Å². The molecule has 1 N–H and O–H groups in total. The van der Waals surface area contributed by atoms with Gasteiger partial charge in [0.1, 0.15) is 4.32 Å². The van der Waals surface area contributed by atoms with Gasteiger partial charge in [-0.2, -0.15) is 0 Å². The molecule has 1 aliphatic heterocycles. The molecule has 7 heteroatoms. The van der Waals surface area contributed by atoms with Crippen LogP contribution in [-0.2, 0) is 9.59 Å². The van der Waals surface area contributed by atoms with E-state index in [1.54, 1.807) is 0 Å². The predicted octanol–water partition coefficient (Wildman–Crippen LogP) is 4.10. The lowest BCUT2D eigenvalue weighted by Gasteiger charge is -2.16. The van der Waals surface area contributed by atoms with Gasteiger partial charge in [-0.05, 0) is 36.6 Å². The molecular weight excluding hydrogens is 420 g/mol. The SMILES string of the molecule is O=C(CCN1C(=O)/C(=C\c2cccc(Br)c2)SC1=S)NC1CCCC1. The molecule has 1 saturated carbocycles. The van der Waals surface area contributed by atoms with Gasteiger partial charge in [-0.25, -0.2) is 0 Å². The third-order valence-corrected chi connectivity index (χ3v) is 6.17. The Bertz CT molecular complexity index is 730. The lowest BCUT2D eigenvalue weighted by molar-refractivity contribution is -0.124.